The molecule has 0 saturated carbocycles. The van der Waals surface area contributed by atoms with Gasteiger partial charge in [0.05, 0.1) is 12.1 Å². The van der Waals surface area contributed by atoms with E-state index in [4.69, 9.17) is 5.73 Å². The quantitative estimate of drug-likeness (QED) is 0.809. The third-order valence-corrected chi connectivity index (χ3v) is 5.74. The molecular formula is C18H34N4O2. The molecule has 0 aromatic carbocycles. The summed E-state index contributed by atoms with van der Waals surface area (Å²) >= 11 is 0. The monoisotopic (exact) mass is 338 g/mol. The molecule has 3 atom stereocenters. The molecule has 0 spiro atoms. The van der Waals surface area contributed by atoms with Crippen LogP contribution in [0.1, 0.15) is 46.5 Å². The summed E-state index contributed by atoms with van der Waals surface area (Å²) in [5, 5.41) is 0. The summed E-state index contributed by atoms with van der Waals surface area (Å²) in [5.74, 6) is 0.500. The Kier molecular flexibility index (Phi) is 7.04. The number of nitrogens with two attached hydrogens (primary N) is 1. The summed E-state index contributed by atoms with van der Waals surface area (Å²) in [6.07, 6.45) is 4.38. The Morgan fingerprint density at radius 1 is 0.875 bits per heavy atom. The number of likely N-dealkylation sites (tertiary alicyclic amines) is 1. The van der Waals surface area contributed by atoms with Gasteiger partial charge in [-0.15, -0.1) is 0 Å². The zero-order chi connectivity index (χ0) is 17.7. The maximum atomic E-state index is 12.6. The highest BCUT2D eigenvalue weighted by Gasteiger charge is 2.32. The molecule has 2 rings (SSSR count). The van der Waals surface area contributed by atoms with Gasteiger partial charge in [-0.3, -0.25) is 14.5 Å². The number of rotatable bonds is 5. The molecule has 138 valence electrons. The van der Waals surface area contributed by atoms with Crippen molar-refractivity contribution < 1.29 is 9.59 Å². The molecule has 2 N–H and O–H groups in total. The van der Waals surface area contributed by atoms with Crippen molar-refractivity contribution in [1.82, 2.24) is 14.7 Å². The van der Waals surface area contributed by atoms with Crippen LogP contribution in [-0.2, 0) is 9.59 Å². The largest absolute Gasteiger partial charge is 0.341 e. The zero-order valence-corrected chi connectivity index (χ0v) is 15.5. The van der Waals surface area contributed by atoms with Crippen LogP contribution in [0.25, 0.3) is 0 Å². The van der Waals surface area contributed by atoms with Gasteiger partial charge in [-0.25, -0.2) is 0 Å². The van der Waals surface area contributed by atoms with Crippen LogP contribution in [-0.4, -0.2) is 77.9 Å². The SMILES string of the molecule is CC[C@H](C)[C@@H](N)C(=O)N1CCN([C@H](C)C(=O)N2CCCCC2)CC1. The lowest BCUT2D eigenvalue weighted by atomic mass is 9.98. The van der Waals surface area contributed by atoms with E-state index in [1.165, 1.54) is 6.42 Å². The minimum absolute atomic E-state index is 0.0546. The normalized spacial score (nSPS) is 23.7. The van der Waals surface area contributed by atoms with E-state index in [9.17, 15) is 9.59 Å². The molecular weight excluding hydrogens is 304 g/mol. The molecule has 2 saturated heterocycles. The molecule has 0 aromatic heterocycles. The van der Waals surface area contributed by atoms with Gasteiger partial charge in [0.15, 0.2) is 0 Å². The highest BCUT2D eigenvalue weighted by Crippen LogP contribution is 2.15. The number of hydrogen-bond donors (Lipinski definition) is 1. The highest BCUT2D eigenvalue weighted by molar-refractivity contribution is 5.83. The summed E-state index contributed by atoms with van der Waals surface area (Å²) in [4.78, 5) is 31.2. The number of carbonyl (C=O) groups excluding carboxylic acids is 2. The van der Waals surface area contributed by atoms with E-state index >= 15 is 0 Å². The summed E-state index contributed by atoms with van der Waals surface area (Å²) in [7, 11) is 0. The summed E-state index contributed by atoms with van der Waals surface area (Å²) in [5.41, 5.74) is 6.08. The smallest absolute Gasteiger partial charge is 0.239 e. The molecule has 2 aliphatic heterocycles. The van der Waals surface area contributed by atoms with E-state index in [0.29, 0.717) is 13.1 Å². The van der Waals surface area contributed by atoms with Crippen LogP contribution in [0.4, 0.5) is 0 Å². The lowest BCUT2D eigenvalue weighted by Gasteiger charge is -2.40. The summed E-state index contributed by atoms with van der Waals surface area (Å²) in [6, 6.07) is -0.502. The van der Waals surface area contributed by atoms with Crippen molar-refractivity contribution in [3.8, 4) is 0 Å². The maximum Gasteiger partial charge on any atom is 0.239 e. The number of carbonyl (C=O) groups is 2. The van der Waals surface area contributed by atoms with Gasteiger partial charge >= 0.3 is 0 Å². The Morgan fingerprint density at radius 3 is 1.96 bits per heavy atom. The lowest BCUT2D eigenvalue weighted by molar-refractivity contribution is -0.140. The number of nitrogens with zero attached hydrogens (tertiary/aromatic N) is 3. The van der Waals surface area contributed by atoms with Gasteiger partial charge in [0, 0.05) is 39.3 Å². The maximum absolute atomic E-state index is 12.6. The predicted octanol–water partition coefficient (Wildman–Crippen LogP) is 0.905. The molecule has 0 bridgehead atoms. The zero-order valence-electron chi connectivity index (χ0n) is 15.5. The lowest BCUT2D eigenvalue weighted by Crippen LogP contribution is -2.58. The van der Waals surface area contributed by atoms with E-state index in [2.05, 4.69) is 11.8 Å². The van der Waals surface area contributed by atoms with Gasteiger partial charge in [0.1, 0.15) is 0 Å². The Labute approximate surface area is 146 Å². The Morgan fingerprint density at radius 2 is 1.42 bits per heavy atom. The molecule has 2 amide bonds. The van der Waals surface area contributed by atoms with Crippen LogP contribution in [0.15, 0.2) is 0 Å². The third-order valence-electron chi connectivity index (χ3n) is 5.74. The average Bonchev–Trinajstić information content (AvgIpc) is 2.65. The van der Waals surface area contributed by atoms with E-state index in [0.717, 1.165) is 45.4 Å². The van der Waals surface area contributed by atoms with Crippen LogP contribution >= 0.6 is 0 Å². The molecule has 0 radical (unpaired) electrons. The van der Waals surface area contributed by atoms with E-state index < -0.39 is 6.04 Å². The third kappa shape index (κ3) is 4.48. The Hall–Kier alpha value is -1.14. The first-order valence-corrected chi connectivity index (χ1v) is 9.53. The van der Waals surface area contributed by atoms with Crippen LogP contribution in [0.5, 0.6) is 0 Å². The summed E-state index contributed by atoms with van der Waals surface area (Å²) in [6.45, 7) is 10.7. The van der Waals surface area contributed by atoms with Crippen LogP contribution < -0.4 is 5.73 Å². The van der Waals surface area contributed by atoms with Crippen molar-refractivity contribution in [1.29, 1.82) is 0 Å². The van der Waals surface area contributed by atoms with Gasteiger partial charge in [-0.2, -0.15) is 0 Å². The number of piperazine rings is 1. The molecule has 24 heavy (non-hydrogen) atoms. The predicted molar refractivity (Wildman–Crippen MR) is 95.5 cm³/mol. The second-order valence-corrected chi connectivity index (χ2v) is 7.33. The van der Waals surface area contributed by atoms with Gasteiger partial charge < -0.3 is 15.5 Å². The molecule has 2 aliphatic rings. The molecule has 2 heterocycles. The minimum Gasteiger partial charge on any atom is -0.341 e. The van der Waals surface area contributed by atoms with Gasteiger partial charge in [-0.05, 0) is 32.1 Å². The molecule has 6 heteroatoms. The molecule has 0 unspecified atom stereocenters. The van der Waals surface area contributed by atoms with Crippen molar-refractivity contribution in [2.24, 2.45) is 11.7 Å². The fourth-order valence-corrected chi connectivity index (χ4v) is 3.57. The van der Waals surface area contributed by atoms with Crippen LogP contribution in [0.2, 0.25) is 0 Å². The molecule has 0 aromatic rings. The second kappa shape index (κ2) is 8.81. The Bertz CT molecular complexity index is 429. The van der Waals surface area contributed by atoms with Gasteiger partial charge in [0.2, 0.25) is 11.8 Å². The van der Waals surface area contributed by atoms with Crippen molar-refractivity contribution in [3.63, 3.8) is 0 Å². The Balaban J connectivity index is 1.83. The number of piperidine rings is 1. The topological polar surface area (TPSA) is 69.9 Å². The molecule has 2 fully saturated rings. The minimum atomic E-state index is -0.408. The fourth-order valence-electron chi connectivity index (χ4n) is 3.57. The molecule has 6 nitrogen and oxygen atoms in total. The first kappa shape index (κ1) is 19.2. The van der Waals surface area contributed by atoms with Crippen LogP contribution in [0, 0.1) is 5.92 Å². The van der Waals surface area contributed by atoms with Crippen LogP contribution in [0.3, 0.4) is 0 Å². The van der Waals surface area contributed by atoms with Gasteiger partial charge in [-0.1, -0.05) is 20.3 Å². The van der Waals surface area contributed by atoms with Crippen molar-refractivity contribution in [3.05, 3.63) is 0 Å². The van der Waals surface area contributed by atoms with E-state index in [1.807, 2.05) is 23.6 Å². The second-order valence-electron chi connectivity index (χ2n) is 7.33. The number of hydrogen-bond acceptors (Lipinski definition) is 4. The number of amides is 2. The first-order valence-electron chi connectivity index (χ1n) is 9.53. The first-order chi connectivity index (χ1) is 11.5. The van der Waals surface area contributed by atoms with Crippen molar-refractivity contribution in [2.75, 3.05) is 39.3 Å². The average molecular weight is 338 g/mol. The van der Waals surface area contributed by atoms with Crippen molar-refractivity contribution >= 4 is 11.8 Å². The van der Waals surface area contributed by atoms with E-state index in [1.54, 1.807) is 0 Å². The fraction of sp³-hybridized carbons (Fsp3) is 0.889. The standard InChI is InChI=1S/C18H34N4O2/c1-4-14(2)16(19)18(24)22-12-10-20(11-13-22)15(3)17(23)21-8-6-5-7-9-21/h14-16H,4-13,19H2,1-3H3/t14-,15+,16+/m0/s1. The molecule has 0 aliphatic carbocycles. The highest BCUT2D eigenvalue weighted by atomic mass is 16.2. The summed E-state index contributed by atoms with van der Waals surface area (Å²) < 4.78 is 0. The van der Waals surface area contributed by atoms with E-state index in [-0.39, 0.29) is 23.8 Å². The van der Waals surface area contributed by atoms with Crippen molar-refractivity contribution in [2.45, 2.75) is 58.5 Å². The van der Waals surface area contributed by atoms with Gasteiger partial charge in [0.25, 0.3) is 0 Å².